The Bertz CT molecular complexity index is 222. The van der Waals surface area contributed by atoms with Crippen LogP contribution in [0.1, 0.15) is 0 Å². The lowest BCUT2D eigenvalue weighted by Crippen LogP contribution is -2.41. The van der Waals surface area contributed by atoms with E-state index in [0.29, 0.717) is 0 Å². The predicted molar refractivity (Wildman–Crippen MR) is 35.2 cm³/mol. The molecule has 1 unspecified atom stereocenters. The fraction of sp³-hybridized carbons (Fsp3) is 0.500. The van der Waals surface area contributed by atoms with E-state index in [1.54, 1.807) is 0 Å². The summed E-state index contributed by atoms with van der Waals surface area (Å²) in [5, 5.41) is 35.0. The topological polar surface area (TPSA) is 107 Å². The number of aliphatic hydroxyl groups is 3. The summed E-state index contributed by atoms with van der Waals surface area (Å²) in [5.74, 6) is -1.94. The smallest absolute Gasteiger partial charge is 0.337 e. The van der Waals surface area contributed by atoms with E-state index in [2.05, 4.69) is 4.74 Å². The van der Waals surface area contributed by atoms with Crippen molar-refractivity contribution in [3.05, 3.63) is 11.8 Å². The number of hydrogen-bond donors (Lipinski definition) is 4. The molecule has 0 aliphatic carbocycles. The normalized spacial score (nSPS) is 35.8. The highest BCUT2D eigenvalue weighted by Crippen LogP contribution is 2.16. The Morgan fingerprint density at radius 3 is 2.50 bits per heavy atom. The molecule has 0 amide bonds. The summed E-state index contributed by atoms with van der Waals surface area (Å²) in [7, 11) is 0. The molecule has 0 aromatic heterocycles. The highest BCUT2D eigenvalue weighted by molar-refractivity contribution is 5.75. The Morgan fingerprint density at radius 2 is 2.08 bits per heavy atom. The number of carboxylic acids is 1. The first-order valence-corrected chi connectivity index (χ1v) is 3.17. The van der Waals surface area contributed by atoms with Gasteiger partial charge in [0, 0.05) is 0 Å². The monoisotopic (exact) mass is 176 g/mol. The van der Waals surface area contributed by atoms with Gasteiger partial charge in [0.15, 0.2) is 18.5 Å². The summed E-state index contributed by atoms with van der Waals surface area (Å²) >= 11 is 0. The number of carboxylic acid groups (broad SMARTS) is 1. The third-order valence-corrected chi connectivity index (χ3v) is 1.42. The van der Waals surface area contributed by atoms with E-state index in [1.165, 1.54) is 0 Å². The second kappa shape index (κ2) is 3.10. The molecule has 0 spiro atoms. The summed E-state index contributed by atoms with van der Waals surface area (Å²) in [6.07, 6.45) is -3.86. The first-order chi connectivity index (χ1) is 5.52. The number of rotatable bonds is 1. The number of aliphatic hydroxyl groups excluding tert-OH is 3. The Kier molecular flexibility index (Phi) is 2.32. The van der Waals surface area contributed by atoms with Gasteiger partial charge in [0.2, 0.25) is 0 Å². The molecule has 3 atom stereocenters. The van der Waals surface area contributed by atoms with E-state index in [-0.39, 0.29) is 0 Å². The van der Waals surface area contributed by atoms with E-state index in [4.69, 9.17) is 20.4 Å². The van der Waals surface area contributed by atoms with Crippen LogP contribution in [-0.2, 0) is 9.53 Å². The van der Waals surface area contributed by atoms with Crippen LogP contribution >= 0.6 is 0 Å². The molecule has 0 saturated heterocycles. The molecule has 0 aromatic carbocycles. The van der Waals surface area contributed by atoms with Crippen LogP contribution in [0.15, 0.2) is 11.8 Å². The average molecular weight is 176 g/mol. The molecule has 1 aliphatic rings. The summed E-state index contributed by atoms with van der Waals surface area (Å²) in [5.41, 5.74) is 0. The van der Waals surface area contributed by atoms with Gasteiger partial charge in [0.1, 0.15) is 5.76 Å². The summed E-state index contributed by atoms with van der Waals surface area (Å²) in [6, 6.07) is 0. The minimum Gasteiger partial charge on any atom is -0.510 e. The number of carbonyl (C=O) groups is 1. The van der Waals surface area contributed by atoms with E-state index in [0.717, 1.165) is 6.08 Å². The molecule has 0 aromatic rings. The molecule has 6 nitrogen and oxygen atoms in total. The first-order valence-electron chi connectivity index (χ1n) is 3.17. The van der Waals surface area contributed by atoms with Gasteiger partial charge in [-0.1, -0.05) is 0 Å². The van der Waals surface area contributed by atoms with Gasteiger partial charge < -0.3 is 25.2 Å². The van der Waals surface area contributed by atoms with Gasteiger partial charge in [0.25, 0.3) is 0 Å². The maximum Gasteiger partial charge on any atom is 0.337 e. The van der Waals surface area contributed by atoms with Crippen molar-refractivity contribution in [2.24, 2.45) is 0 Å². The second-order valence-electron chi connectivity index (χ2n) is 2.32. The predicted octanol–water partition coefficient (Wildman–Crippen LogP) is -1.41. The SMILES string of the molecule is O=C(O)C1C=C(O)[C@@H](O)[C@H](O)O1. The first kappa shape index (κ1) is 8.98. The Balaban J connectivity index is 2.80. The highest BCUT2D eigenvalue weighted by Gasteiger charge is 2.33. The van der Waals surface area contributed by atoms with Crippen LogP contribution in [0.5, 0.6) is 0 Å². The van der Waals surface area contributed by atoms with Crippen LogP contribution in [0.3, 0.4) is 0 Å². The molecular weight excluding hydrogens is 168 g/mol. The van der Waals surface area contributed by atoms with Crippen LogP contribution in [0, 0.1) is 0 Å². The maximum atomic E-state index is 10.3. The molecule has 1 rings (SSSR count). The van der Waals surface area contributed by atoms with Crippen molar-refractivity contribution >= 4 is 5.97 Å². The van der Waals surface area contributed by atoms with E-state index < -0.39 is 30.2 Å². The lowest BCUT2D eigenvalue weighted by molar-refractivity contribution is -0.198. The van der Waals surface area contributed by atoms with Crippen molar-refractivity contribution in [2.45, 2.75) is 18.5 Å². The van der Waals surface area contributed by atoms with Gasteiger partial charge in [0.05, 0.1) is 0 Å². The van der Waals surface area contributed by atoms with Gasteiger partial charge in [-0.05, 0) is 6.08 Å². The Hall–Kier alpha value is -1.11. The standard InChI is InChI=1S/C6H8O6/c7-2-1-3(5(9)10)12-6(11)4(2)8/h1,3-4,6-8,11H,(H,9,10)/t3?,4-,6-/m1/s1. The third kappa shape index (κ3) is 1.55. The molecule has 4 N–H and O–H groups in total. The average Bonchev–Trinajstić information content (AvgIpc) is 1.99. The third-order valence-electron chi connectivity index (χ3n) is 1.42. The lowest BCUT2D eigenvalue weighted by Gasteiger charge is -2.25. The number of ether oxygens (including phenoxy) is 1. The molecule has 68 valence electrons. The van der Waals surface area contributed by atoms with Crippen LogP contribution in [0.4, 0.5) is 0 Å². The molecule has 12 heavy (non-hydrogen) atoms. The number of hydrogen-bond acceptors (Lipinski definition) is 5. The highest BCUT2D eigenvalue weighted by atomic mass is 16.6. The molecular formula is C6H8O6. The van der Waals surface area contributed by atoms with E-state index in [1.807, 2.05) is 0 Å². The van der Waals surface area contributed by atoms with Gasteiger partial charge in [-0.15, -0.1) is 0 Å². The molecule has 1 aliphatic heterocycles. The van der Waals surface area contributed by atoms with Crippen LogP contribution in [0.25, 0.3) is 0 Å². The molecule has 6 heteroatoms. The molecule has 0 radical (unpaired) electrons. The van der Waals surface area contributed by atoms with Crippen LogP contribution < -0.4 is 0 Å². The number of aliphatic carboxylic acids is 1. The van der Waals surface area contributed by atoms with E-state index >= 15 is 0 Å². The fourth-order valence-electron chi connectivity index (χ4n) is 0.793. The van der Waals surface area contributed by atoms with Crippen molar-refractivity contribution in [1.29, 1.82) is 0 Å². The Labute approximate surface area is 67.3 Å². The van der Waals surface area contributed by atoms with Gasteiger partial charge in [-0.3, -0.25) is 0 Å². The van der Waals surface area contributed by atoms with Crippen molar-refractivity contribution in [3.63, 3.8) is 0 Å². The largest absolute Gasteiger partial charge is 0.510 e. The van der Waals surface area contributed by atoms with Gasteiger partial charge in [-0.25, -0.2) is 4.79 Å². The van der Waals surface area contributed by atoms with Crippen LogP contribution in [-0.4, -0.2) is 44.9 Å². The molecule has 0 saturated carbocycles. The zero-order valence-electron chi connectivity index (χ0n) is 5.91. The quantitative estimate of drug-likeness (QED) is 0.391. The summed E-state index contributed by atoms with van der Waals surface area (Å²) in [4.78, 5) is 10.3. The summed E-state index contributed by atoms with van der Waals surface area (Å²) < 4.78 is 4.40. The molecule has 0 fully saturated rings. The maximum absolute atomic E-state index is 10.3. The van der Waals surface area contributed by atoms with E-state index in [9.17, 15) is 4.79 Å². The molecule has 0 bridgehead atoms. The zero-order chi connectivity index (χ0) is 9.30. The Morgan fingerprint density at radius 1 is 1.50 bits per heavy atom. The fourth-order valence-corrected chi connectivity index (χ4v) is 0.793. The van der Waals surface area contributed by atoms with Crippen molar-refractivity contribution < 1.29 is 30.0 Å². The molecule has 1 heterocycles. The van der Waals surface area contributed by atoms with Crippen molar-refractivity contribution in [2.75, 3.05) is 0 Å². The van der Waals surface area contributed by atoms with Crippen LogP contribution in [0.2, 0.25) is 0 Å². The zero-order valence-corrected chi connectivity index (χ0v) is 5.91. The minimum atomic E-state index is -1.70. The second-order valence-corrected chi connectivity index (χ2v) is 2.32. The lowest BCUT2D eigenvalue weighted by atomic mass is 10.1. The minimum absolute atomic E-state index is 0.596. The van der Waals surface area contributed by atoms with Gasteiger partial charge in [-0.2, -0.15) is 0 Å². The van der Waals surface area contributed by atoms with Crippen molar-refractivity contribution in [1.82, 2.24) is 0 Å². The summed E-state index contributed by atoms with van der Waals surface area (Å²) in [6.45, 7) is 0. The van der Waals surface area contributed by atoms with Gasteiger partial charge >= 0.3 is 5.97 Å². The van der Waals surface area contributed by atoms with Crippen molar-refractivity contribution in [3.8, 4) is 0 Å².